The van der Waals surface area contributed by atoms with Crippen molar-refractivity contribution in [2.24, 2.45) is 0 Å². The number of fused-ring (bicyclic) bond motifs is 1. The second kappa shape index (κ2) is 9.08. The zero-order valence-electron chi connectivity index (χ0n) is 17.1. The van der Waals surface area contributed by atoms with Crippen molar-refractivity contribution < 1.29 is 28.3 Å². The van der Waals surface area contributed by atoms with Gasteiger partial charge in [0.15, 0.2) is 5.43 Å². The molecule has 0 aliphatic rings. The Labute approximate surface area is 177 Å². The molecule has 3 rings (SSSR count). The number of hydrogen-bond donors (Lipinski definition) is 1. The van der Waals surface area contributed by atoms with Crippen molar-refractivity contribution in [2.45, 2.75) is 6.92 Å². The minimum absolute atomic E-state index is 0.0533. The molecule has 0 unspecified atom stereocenters. The van der Waals surface area contributed by atoms with Crippen LogP contribution in [-0.2, 0) is 14.3 Å². The van der Waals surface area contributed by atoms with Gasteiger partial charge in [0.05, 0.1) is 42.0 Å². The molecule has 0 saturated heterocycles. The summed E-state index contributed by atoms with van der Waals surface area (Å²) >= 11 is 0. The number of carbonyl (C=O) groups excluding carboxylic acids is 3. The van der Waals surface area contributed by atoms with E-state index in [1.165, 1.54) is 44.8 Å². The molecule has 2 aromatic carbocycles. The maximum atomic E-state index is 12.6. The maximum Gasteiger partial charge on any atom is 0.339 e. The van der Waals surface area contributed by atoms with Crippen LogP contribution in [0.4, 0.5) is 5.69 Å². The van der Waals surface area contributed by atoms with Crippen LogP contribution in [0.25, 0.3) is 17.0 Å². The highest BCUT2D eigenvalue weighted by molar-refractivity contribution is 6.07. The number of carbonyl (C=O) groups is 3. The first-order valence-electron chi connectivity index (χ1n) is 9.16. The lowest BCUT2D eigenvalue weighted by Gasteiger charge is -2.10. The molecule has 1 heterocycles. The van der Waals surface area contributed by atoms with Gasteiger partial charge in [-0.3, -0.25) is 9.59 Å². The molecule has 158 valence electrons. The third kappa shape index (κ3) is 4.69. The van der Waals surface area contributed by atoms with Crippen molar-refractivity contribution in [2.75, 3.05) is 19.5 Å². The van der Waals surface area contributed by atoms with Gasteiger partial charge in [-0.05, 0) is 43.3 Å². The highest BCUT2D eigenvalue weighted by Gasteiger charge is 2.17. The Balaban J connectivity index is 1.89. The highest BCUT2D eigenvalue weighted by Crippen LogP contribution is 2.20. The fourth-order valence-corrected chi connectivity index (χ4v) is 2.90. The summed E-state index contributed by atoms with van der Waals surface area (Å²) in [5.74, 6) is -1.95. The zero-order chi connectivity index (χ0) is 22.5. The summed E-state index contributed by atoms with van der Waals surface area (Å²) in [6, 6.07) is 9.27. The predicted molar refractivity (Wildman–Crippen MR) is 114 cm³/mol. The van der Waals surface area contributed by atoms with Gasteiger partial charge in [0.1, 0.15) is 11.8 Å². The van der Waals surface area contributed by atoms with E-state index in [9.17, 15) is 19.2 Å². The molecule has 8 heteroatoms. The summed E-state index contributed by atoms with van der Waals surface area (Å²) in [6.07, 6.45) is 3.70. The molecule has 31 heavy (non-hydrogen) atoms. The monoisotopic (exact) mass is 421 g/mol. The molecule has 0 bridgehead atoms. The van der Waals surface area contributed by atoms with Gasteiger partial charge in [-0.15, -0.1) is 0 Å². The highest BCUT2D eigenvalue weighted by atomic mass is 16.5. The van der Waals surface area contributed by atoms with E-state index in [0.29, 0.717) is 11.0 Å². The lowest BCUT2D eigenvalue weighted by molar-refractivity contribution is -0.111. The summed E-state index contributed by atoms with van der Waals surface area (Å²) in [7, 11) is 2.41. The number of esters is 2. The van der Waals surface area contributed by atoms with Crippen molar-refractivity contribution in [1.82, 2.24) is 0 Å². The van der Waals surface area contributed by atoms with E-state index in [1.54, 1.807) is 12.1 Å². The number of hydrogen-bond acceptors (Lipinski definition) is 7. The Kier molecular flexibility index (Phi) is 6.30. The van der Waals surface area contributed by atoms with Crippen LogP contribution in [0, 0.1) is 6.92 Å². The Morgan fingerprint density at radius 1 is 1.00 bits per heavy atom. The number of anilines is 1. The number of rotatable bonds is 5. The molecule has 0 fully saturated rings. The van der Waals surface area contributed by atoms with Crippen LogP contribution in [0.1, 0.15) is 31.8 Å². The van der Waals surface area contributed by atoms with Crippen LogP contribution in [0.2, 0.25) is 0 Å². The minimum atomic E-state index is -0.693. The fraction of sp³-hybridized carbons (Fsp3) is 0.130. The van der Waals surface area contributed by atoms with Gasteiger partial charge in [-0.2, -0.15) is 0 Å². The first kappa shape index (κ1) is 21.5. The summed E-state index contributed by atoms with van der Waals surface area (Å²) in [5, 5.41) is 2.92. The summed E-state index contributed by atoms with van der Waals surface area (Å²) in [5.41, 5.74) is 1.50. The molecule has 0 atom stereocenters. The van der Waals surface area contributed by atoms with Gasteiger partial charge in [0, 0.05) is 6.08 Å². The number of benzene rings is 2. The molecule has 0 aliphatic heterocycles. The molecule has 0 spiro atoms. The molecular formula is C23H19NO7. The van der Waals surface area contributed by atoms with Gasteiger partial charge >= 0.3 is 11.9 Å². The molecular weight excluding hydrogens is 402 g/mol. The Morgan fingerprint density at radius 3 is 2.45 bits per heavy atom. The van der Waals surface area contributed by atoms with Gasteiger partial charge < -0.3 is 19.2 Å². The zero-order valence-corrected chi connectivity index (χ0v) is 17.1. The Morgan fingerprint density at radius 2 is 1.74 bits per heavy atom. The van der Waals surface area contributed by atoms with Crippen LogP contribution >= 0.6 is 0 Å². The van der Waals surface area contributed by atoms with Gasteiger partial charge in [-0.1, -0.05) is 11.6 Å². The molecule has 1 amide bonds. The quantitative estimate of drug-likeness (QED) is 0.497. The van der Waals surface area contributed by atoms with Crippen LogP contribution in [-0.4, -0.2) is 32.1 Å². The minimum Gasteiger partial charge on any atom is -0.465 e. The average Bonchev–Trinajstić information content (AvgIpc) is 2.77. The SMILES string of the molecule is COC(=O)c1ccc(C(=O)OC)c(NC(=O)/C=C/c2coc3ccc(C)cc3c2=O)c1. The number of nitrogens with one attached hydrogen (secondary N) is 1. The molecule has 1 aromatic heterocycles. The van der Waals surface area contributed by atoms with Gasteiger partial charge in [0.25, 0.3) is 0 Å². The normalized spacial score (nSPS) is 10.8. The largest absolute Gasteiger partial charge is 0.465 e. The second-order valence-electron chi connectivity index (χ2n) is 6.59. The molecule has 3 aromatic rings. The number of aryl methyl sites for hydroxylation is 1. The third-order valence-electron chi connectivity index (χ3n) is 4.47. The van der Waals surface area contributed by atoms with E-state index in [2.05, 4.69) is 10.1 Å². The standard InChI is InChI=1S/C23H19NO7/c1-13-4-8-19-17(10-13)21(26)15(12-31-19)6-9-20(25)24-18-11-14(22(27)29-2)5-7-16(18)23(28)30-3/h4-12H,1-3H3,(H,24,25)/b9-6+. The third-order valence-corrected chi connectivity index (χ3v) is 4.47. The van der Waals surface area contributed by atoms with Crippen molar-refractivity contribution in [3.63, 3.8) is 0 Å². The fourth-order valence-electron chi connectivity index (χ4n) is 2.90. The summed E-state index contributed by atoms with van der Waals surface area (Å²) in [4.78, 5) is 48.8. The van der Waals surface area contributed by atoms with Crippen LogP contribution < -0.4 is 10.7 Å². The summed E-state index contributed by atoms with van der Waals surface area (Å²) < 4.78 is 14.8. The topological polar surface area (TPSA) is 112 Å². The molecule has 1 N–H and O–H groups in total. The maximum absolute atomic E-state index is 12.6. The number of amides is 1. The number of ether oxygens (including phenoxy) is 2. The predicted octanol–water partition coefficient (Wildman–Crippen LogP) is 3.33. The van der Waals surface area contributed by atoms with Gasteiger partial charge in [0.2, 0.25) is 5.91 Å². The Bertz CT molecular complexity index is 1270. The van der Waals surface area contributed by atoms with E-state index in [4.69, 9.17) is 9.15 Å². The van der Waals surface area contributed by atoms with E-state index >= 15 is 0 Å². The van der Waals surface area contributed by atoms with E-state index in [-0.39, 0.29) is 27.8 Å². The summed E-state index contributed by atoms with van der Waals surface area (Å²) in [6.45, 7) is 1.86. The van der Waals surface area contributed by atoms with E-state index < -0.39 is 17.8 Å². The lowest BCUT2D eigenvalue weighted by Crippen LogP contribution is -2.15. The van der Waals surface area contributed by atoms with Crippen molar-refractivity contribution in [3.05, 3.63) is 81.2 Å². The van der Waals surface area contributed by atoms with Crippen molar-refractivity contribution in [3.8, 4) is 0 Å². The molecule has 8 nitrogen and oxygen atoms in total. The Hall–Kier alpha value is -4.20. The first-order chi connectivity index (χ1) is 14.8. The average molecular weight is 421 g/mol. The lowest BCUT2D eigenvalue weighted by atomic mass is 10.1. The second-order valence-corrected chi connectivity index (χ2v) is 6.59. The van der Waals surface area contributed by atoms with Gasteiger partial charge in [-0.25, -0.2) is 9.59 Å². The van der Waals surface area contributed by atoms with Crippen molar-refractivity contribution in [1.29, 1.82) is 0 Å². The van der Waals surface area contributed by atoms with E-state index in [1.807, 2.05) is 13.0 Å². The first-order valence-corrected chi connectivity index (χ1v) is 9.16. The van der Waals surface area contributed by atoms with Crippen LogP contribution in [0.5, 0.6) is 0 Å². The van der Waals surface area contributed by atoms with E-state index in [0.717, 1.165) is 11.6 Å². The number of methoxy groups -OCH3 is 2. The molecule has 0 radical (unpaired) electrons. The van der Waals surface area contributed by atoms with Crippen LogP contribution in [0.15, 0.2) is 57.9 Å². The molecule has 0 aliphatic carbocycles. The van der Waals surface area contributed by atoms with Crippen LogP contribution in [0.3, 0.4) is 0 Å². The smallest absolute Gasteiger partial charge is 0.339 e. The van der Waals surface area contributed by atoms with Crippen molar-refractivity contribution >= 4 is 40.6 Å². The molecule has 0 saturated carbocycles.